The highest BCUT2D eigenvalue weighted by Gasteiger charge is 2.43. The van der Waals surface area contributed by atoms with Crippen molar-refractivity contribution in [3.63, 3.8) is 0 Å². The van der Waals surface area contributed by atoms with Gasteiger partial charge in [0, 0.05) is 16.5 Å². The topological polar surface area (TPSA) is 29.1 Å². The standard InChI is InChI=1S/C33H35F2NOS/c1-5-28(36-31(37)24-12-7-6-8-13-24)22-30(26-16-15-23-11-9-10-14-25(23)21-26)33(34,35)38-29-19-17-27(18-20-29)32(2,3)4/h6-21,28,30H,5,22H2,1-4H3,(H,36,37). The Bertz CT molecular complexity index is 1360. The van der Waals surface area contributed by atoms with Gasteiger partial charge in [-0.1, -0.05) is 112 Å². The summed E-state index contributed by atoms with van der Waals surface area (Å²) in [5.41, 5.74) is 2.14. The quantitative estimate of drug-likeness (QED) is 0.218. The van der Waals surface area contributed by atoms with Crippen molar-refractivity contribution < 1.29 is 13.6 Å². The minimum atomic E-state index is -3.10. The van der Waals surface area contributed by atoms with Crippen molar-refractivity contribution in [2.24, 2.45) is 0 Å². The Balaban J connectivity index is 1.64. The number of hydrogen-bond acceptors (Lipinski definition) is 2. The van der Waals surface area contributed by atoms with Crippen LogP contribution in [0.2, 0.25) is 0 Å². The average molecular weight is 532 g/mol. The molecule has 5 heteroatoms. The lowest BCUT2D eigenvalue weighted by atomic mass is 9.87. The van der Waals surface area contributed by atoms with E-state index >= 15 is 8.78 Å². The minimum absolute atomic E-state index is 0.0509. The lowest BCUT2D eigenvalue weighted by molar-refractivity contribution is 0.0626. The summed E-state index contributed by atoms with van der Waals surface area (Å²) < 4.78 is 32.4. The van der Waals surface area contributed by atoms with Gasteiger partial charge in [-0.2, -0.15) is 8.78 Å². The number of fused-ring (bicyclic) bond motifs is 1. The molecule has 2 nitrogen and oxygen atoms in total. The van der Waals surface area contributed by atoms with Crippen LogP contribution in [0, 0.1) is 0 Å². The third-order valence-corrected chi connectivity index (χ3v) is 8.00. The van der Waals surface area contributed by atoms with Gasteiger partial charge in [-0.3, -0.25) is 4.79 Å². The van der Waals surface area contributed by atoms with E-state index in [2.05, 4.69) is 26.1 Å². The van der Waals surface area contributed by atoms with E-state index < -0.39 is 17.2 Å². The highest BCUT2D eigenvalue weighted by Crippen LogP contribution is 2.49. The van der Waals surface area contributed by atoms with Gasteiger partial charge >= 0.3 is 5.25 Å². The van der Waals surface area contributed by atoms with E-state index in [1.54, 1.807) is 42.5 Å². The van der Waals surface area contributed by atoms with E-state index in [1.807, 2.05) is 61.5 Å². The third-order valence-electron chi connectivity index (χ3n) is 6.94. The Morgan fingerprint density at radius 2 is 1.47 bits per heavy atom. The van der Waals surface area contributed by atoms with E-state index in [1.165, 1.54) is 0 Å². The van der Waals surface area contributed by atoms with E-state index in [4.69, 9.17) is 0 Å². The molecule has 0 heterocycles. The fourth-order valence-electron chi connectivity index (χ4n) is 4.61. The molecule has 4 rings (SSSR count). The van der Waals surface area contributed by atoms with Crippen LogP contribution in [0.4, 0.5) is 8.78 Å². The number of carbonyl (C=O) groups is 1. The molecule has 4 aromatic rings. The first-order valence-corrected chi connectivity index (χ1v) is 13.9. The molecule has 0 saturated heterocycles. The minimum Gasteiger partial charge on any atom is -0.349 e. The molecular formula is C33H35F2NOS. The van der Waals surface area contributed by atoms with Crippen LogP contribution >= 0.6 is 11.8 Å². The molecule has 0 radical (unpaired) electrons. The summed E-state index contributed by atoms with van der Waals surface area (Å²) in [6, 6.07) is 29.3. The van der Waals surface area contributed by atoms with Gasteiger partial charge < -0.3 is 5.32 Å². The van der Waals surface area contributed by atoms with E-state index in [0.29, 0.717) is 34.2 Å². The largest absolute Gasteiger partial charge is 0.349 e. The molecule has 0 fully saturated rings. The summed E-state index contributed by atoms with van der Waals surface area (Å²) in [7, 11) is 0. The fourth-order valence-corrected chi connectivity index (χ4v) is 5.57. The first kappa shape index (κ1) is 27.8. The molecule has 2 atom stereocenters. The lowest BCUT2D eigenvalue weighted by Crippen LogP contribution is -2.38. The lowest BCUT2D eigenvalue weighted by Gasteiger charge is -2.31. The highest BCUT2D eigenvalue weighted by atomic mass is 32.2. The number of hydrogen-bond donors (Lipinski definition) is 1. The molecule has 0 saturated carbocycles. The van der Waals surface area contributed by atoms with Gasteiger partial charge in [0.15, 0.2) is 0 Å². The van der Waals surface area contributed by atoms with Crippen LogP contribution in [0.3, 0.4) is 0 Å². The molecule has 0 aliphatic carbocycles. The second-order valence-electron chi connectivity index (χ2n) is 10.8. The molecule has 0 aromatic heterocycles. The number of amides is 1. The van der Waals surface area contributed by atoms with Crippen molar-refractivity contribution in [2.45, 2.75) is 68.1 Å². The molecule has 0 spiro atoms. The Kier molecular flexibility index (Phi) is 8.57. The molecular weight excluding hydrogens is 496 g/mol. The maximum Gasteiger partial charge on any atom is 0.305 e. The van der Waals surface area contributed by atoms with Gasteiger partial charge in [0.1, 0.15) is 0 Å². The SMILES string of the molecule is CCC(CC(c1ccc2ccccc2c1)C(F)(F)Sc1ccc(C(C)(C)C)cc1)NC(=O)c1ccccc1. The summed E-state index contributed by atoms with van der Waals surface area (Å²) in [6.07, 6.45) is 0.664. The molecule has 1 amide bonds. The zero-order chi connectivity index (χ0) is 27.3. The predicted octanol–water partition coefficient (Wildman–Crippen LogP) is 9.20. The van der Waals surface area contributed by atoms with Gasteiger partial charge in [0.05, 0.1) is 5.92 Å². The molecule has 0 aliphatic heterocycles. The van der Waals surface area contributed by atoms with E-state index in [-0.39, 0.29) is 17.7 Å². The summed E-state index contributed by atoms with van der Waals surface area (Å²) in [4.78, 5) is 13.4. The molecule has 2 unspecified atom stereocenters. The van der Waals surface area contributed by atoms with E-state index in [0.717, 1.165) is 16.3 Å². The van der Waals surface area contributed by atoms with Crippen LogP contribution in [-0.2, 0) is 5.41 Å². The van der Waals surface area contributed by atoms with Crippen LogP contribution < -0.4 is 5.32 Å². The van der Waals surface area contributed by atoms with Gasteiger partial charge in [0.25, 0.3) is 5.91 Å². The summed E-state index contributed by atoms with van der Waals surface area (Å²) in [5.74, 6) is -1.34. The summed E-state index contributed by atoms with van der Waals surface area (Å²) in [5, 5.41) is 1.83. The number of alkyl halides is 2. The van der Waals surface area contributed by atoms with Gasteiger partial charge in [-0.15, -0.1) is 0 Å². The molecule has 0 aliphatic rings. The molecule has 1 N–H and O–H groups in total. The maximum atomic E-state index is 16.2. The number of rotatable bonds is 9. The zero-order valence-corrected chi connectivity index (χ0v) is 23.2. The first-order chi connectivity index (χ1) is 18.1. The molecule has 4 aromatic carbocycles. The summed E-state index contributed by atoms with van der Waals surface area (Å²) in [6.45, 7) is 8.24. The van der Waals surface area contributed by atoms with Crippen LogP contribution in [0.15, 0.2) is 102 Å². The normalized spacial score (nSPS) is 13.7. The second-order valence-corrected chi connectivity index (χ2v) is 12.0. The summed E-state index contributed by atoms with van der Waals surface area (Å²) >= 11 is 0.595. The predicted molar refractivity (Wildman–Crippen MR) is 155 cm³/mol. The van der Waals surface area contributed by atoms with Crippen molar-refractivity contribution in [3.05, 3.63) is 114 Å². The second kappa shape index (κ2) is 11.7. The molecule has 38 heavy (non-hydrogen) atoms. The van der Waals surface area contributed by atoms with Crippen molar-refractivity contribution in [3.8, 4) is 0 Å². The Morgan fingerprint density at radius 3 is 2.11 bits per heavy atom. The Labute approximate surface area is 228 Å². The van der Waals surface area contributed by atoms with Crippen LogP contribution in [0.1, 0.15) is 67.9 Å². The van der Waals surface area contributed by atoms with E-state index in [9.17, 15) is 4.79 Å². The van der Waals surface area contributed by atoms with Crippen molar-refractivity contribution in [1.29, 1.82) is 0 Å². The number of halogens is 2. The molecule has 0 bridgehead atoms. The van der Waals surface area contributed by atoms with Gasteiger partial charge in [0.2, 0.25) is 0 Å². The monoisotopic (exact) mass is 531 g/mol. The number of nitrogens with one attached hydrogen (secondary N) is 1. The van der Waals surface area contributed by atoms with Crippen molar-refractivity contribution >= 4 is 28.4 Å². The molecule has 198 valence electrons. The van der Waals surface area contributed by atoms with Gasteiger partial charge in [-0.05, 0) is 64.4 Å². The number of benzene rings is 4. The highest BCUT2D eigenvalue weighted by molar-refractivity contribution is 8.00. The van der Waals surface area contributed by atoms with Crippen LogP contribution in [-0.4, -0.2) is 17.2 Å². The zero-order valence-electron chi connectivity index (χ0n) is 22.4. The Hall–Kier alpha value is -3.18. The maximum absolute atomic E-state index is 16.2. The van der Waals surface area contributed by atoms with Crippen molar-refractivity contribution in [2.75, 3.05) is 0 Å². The fraction of sp³-hybridized carbons (Fsp3) is 0.303. The van der Waals surface area contributed by atoms with Crippen LogP contribution in [0.25, 0.3) is 10.8 Å². The smallest absolute Gasteiger partial charge is 0.305 e. The Morgan fingerprint density at radius 1 is 0.842 bits per heavy atom. The van der Waals surface area contributed by atoms with Crippen molar-refractivity contribution in [1.82, 2.24) is 5.32 Å². The van der Waals surface area contributed by atoms with Gasteiger partial charge in [-0.25, -0.2) is 0 Å². The number of carbonyl (C=O) groups excluding carboxylic acids is 1. The first-order valence-electron chi connectivity index (χ1n) is 13.1. The number of thioether (sulfide) groups is 1. The third kappa shape index (κ3) is 6.82. The van der Waals surface area contributed by atoms with Crippen LogP contribution in [0.5, 0.6) is 0 Å². The average Bonchev–Trinajstić information content (AvgIpc) is 2.90.